The Bertz CT molecular complexity index is 738. The van der Waals surface area contributed by atoms with Crippen molar-refractivity contribution in [3.8, 4) is 0 Å². The molecule has 0 aliphatic carbocycles. The van der Waals surface area contributed by atoms with Crippen molar-refractivity contribution >= 4 is 17.0 Å². The number of nitrogens with one attached hydrogen (secondary N) is 1. The van der Waals surface area contributed by atoms with Gasteiger partial charge in [-0.15, -0.1) is 0 Å². The van der Waals surface area contributed by atoms with Gasteiger partial charge in [-0.3, -0.25) is 5.10 Å². The predicted octanol–water partition coefficient (Wildman–Crippen LogP) is 2.13. The molecule has 1 fully saturated rings. The number of hydrogen-bond acceptors (Lipinski definition) is 5. The minimum absolute atomic E-state index is 0.412. The second-order valence-corrected chi connectivity index (χ2v) is 5.38. The third-order valence-corrected chi connectivity index (χ3v) is 4.00. The van der Waals surface area contributed by atoms with Gasteiger partial charge < -0.3 is 4.90 Å². The van der Waals surface area contributed by atoms with Crippen LogP contribution in [0.5, 0.6) is 0 Å². The van der Waals surface area contributed by atoms with E-state index < -0.39 is 0 Å². The van der Waals surface area contributed by atoms with Crippen LogP contribution in [-0.4, -0.2) is 38.2 Å². The highest BCUT2D eigenvalue weighted by molar-refractivity contribution is 5.73. The Kier molecular flexibility index (Phi) is 2.99. The molecule has 0 bridgehead atoms. The molecule has 0 aromatic carbocycles. The molecule has 3 aromatic heterocycles. The lowest BCUT2D eigenvalue weighted by Crippen LogP contribution is -2.35. The first-order valence-corrected chi connectivity index (χ1v) is 7.22. The summed E-state index contributed by atoms with van der Waals surface area (Å²) in [7, 11) is 0. The van der Waals surface area contributed by atoms with E-state index in [0.717, 1.165) is 48.6 Å². The molecule has 6 nitrogen and oxygen atoms in total. The number of pyridine rings is 1. The van der Waals surface area contributed by atoms with Gasteiger partial charge in [-0.2, -0.15) is 5.10 Å². The highest BCUT2D eigenvalue weighted by Gasteiger charge is 2.24. The van der Waals surface area contributed by atoms with Crippen molar-refractivity contribution in [3.63, 3.8) is 0 Å². The first-order chi connectivity index (χ1) is 10.4. The number of piperidine rings is 1. The van der Waals surface area contributed by atoms with Crippen LogP contribution in [0.4, 0.5) is 5.95 Å². The Balaban J connectivity index is 1.60. The Morgan fingerprint density at radius 3 is 3.00 bits per heavy atom. The molecule has 0 amide bonds. The minimum Gasteiger partial charge on any atom is -0.340 e. The average Bonchev–Trinajstić information content (AvgIpc) is 3.03. The van der Waals surface area contributed by atoms with E-state index in [9.17, 15) is 0 Å². The number of aromatic amines is 1. The van der Waals surface area contributed by atoms with Gasteiger partial charge in [0.15, 0.2) is 5.65 Å². The number of anilines is 1. The molecule has 106 valence electrons. The van der Waals surface area contributed by atoms with Gasteiger partial charge in [0.05, 0.1) is 6.20 Å². The standard InChI is InChI=1S/C15H16N6/c1-3-12(10-21(8-1)15-16-6-2-7-17-15)13-5-4-11-9-18-20-14(11)19-13/h2,4-7,9,12H,1,3,8,10H2,(H,18,19,20). The van der Waals surface area contributed by atoms with E-state index in [1.54, 1.807) is 18.6 Å². The fourth-order valence-electron chi connectivity index (χ4n) is 2.92. The summed E-state index contributed by atoms with van der Waals surface area (Å²) < 4.78 is 0. The molecule has 0 saturated carbocycles. The molecule has 1 saturated heterocycles. The van der Waals surface area contributed by atoms with Gasteiger partial charge in [-0.05, 0) is 31.0 Å². The summed E-state index contributed by atoms with van der Waals surface area (Å²) in [4.78, 5) is 15.6. The summed E-state index contributed by atoms with van der Waals surface area (Å²) in [6, 6.07) is 6.04. The fraction of sp³-hybridized carbons (Fsp3) is 0.333. The molecule has 3 aromatic rings. The quantitative estimate of drug-likeness (QED) is 0.778. The predicted molar refractivity (Wildman–Crippen MR) is 80.1 cm³/mol. The Hall–Kier alpha value is -2.50. The minimum atomic E-state index is 0.412. The van der Waals surface area contributed by atoms with E-state index in [4.69, 9.17) is 4.98 Å². The SMILES string of the molecule is c1cnc(N2CCCC(c3ccc4cn[nH]c4n3)C2)nc1. The number of rotatable bonds is 2. The summed E-state index contributed by atoms with van der Waals surface area (Å²) in [6.45, 7) is 1.92. The highest BCUT2D eigenvalue weighted by Crippen LogP contribution is 2.28. The maximum absolute atomic E-state index is 4.70. The first kappa shape index (κ1) is 12.3. The first-order valence-electron chi connectivity index (χ1n) is 7.22. The zero-order valence-corrected chi connectivity index (χ0v) is 11.6. The van der Waals surface area contributed by atoms with E-state index in [1.807, 2.05) is 6.07 Å². The Morgan fingerprint density at radius 2 is 2.10 bits per heavy atom. The van der Waals surface area contributed by atoms with E-state index >= 15 is 0 Å². The van der Waals surface area contributed by atoms with Gasteiger partial charge in [-0.25, -0.2) is 15.0 Å². The number of nitrogens with zero attached hydrogens (tertiary/aromatic N) is 5. The topological polar surface area (TPSA) is 70.6 Å². The van der Waals surface area contributed by atoms with E-state index in [0.29, 0.717) is 5.92 Å². The molecule has 1 unspecified atom stereocenters. The number of aromatic nitrogens is 5. The van der Waals surface area contributed by atoms with Gasteiger partial charge in [0.25, 0.3) is 0 Å². The van der Waals surface area contributed by atoms with Crippen LogP contribution in [-0.2, 0) is 0 Å². The number of H-pyrrole nitrogens is 1. The Morgan fingerprint density at radius 1 is 1.19 bits per heavy atom. The van der Waals surface area contributed by atoms with Crippen LogP contribution in [0.3, 0.4) is 0 Å². The third kappa shape index (κ3) is 2.33. The van der Waals surface area contributed by atoms with Crippen LogP contribution in [0.1, 0.15) is 24.5 Å². The van der Waals surface area contributed by atoms with Crippen LogP contribution in [0, 0.1) is 0 Å². The lowest BCUT2D eigenvalue weighted by Gasteiger charge is -2.32. The third-order valence-electron chi connectivity index (χ3n) is 4.00. The van der Waals surface area contributed by atoms with Crippen molar-refractivity contribution < 1.29 is 0 Å². The van der Waals surface area contributed by atoms with E-state index in [1.165, 1.54) is 0 Å². The molecule has 21 heavy (non-hydrogen) atoms. The zero-order chi connectivity index (χ0) is 14.1. The second-order valence-electron chi connectivity index (χ2n) is 5.38. The van der Waals surface area contributed by atoms with Crippen LogP contribution in [0.25, 0.3) is 11.0 Å². The molecule has 1 aliphatic heterocycles. The molecule has 6 heteroatoms. The molecular weight excluding hydrogens is 264 g/mol. The number of fused-ring (bicyclic) bond motifs is 1. The smallest absolute Gasteiger partial charge is 0.225 e. The van der Waals surface area contributed by atoms with Crippen LogP contribution in [0.2, 0.25) is 0 Å². The maximum atomic E-state index is 4.70. The maximum Gasteiger partial charge on any atom is 0.225 e. The number of hydrogen-bond donors (Lipinski definition) is 1. The molecule has 4 heterocycles. The lowest BCUT2D eigenvalue weighted by molar-refractivity contribution is 0.496. The van der Waals surface area contributed by atoms with Crippen LogP contribution in [0.15, 0.2) is 36.8 Å². The van der Waals surface area contributed by atoms with E-state index in [-0.39, 0.29) is 0 Å². The molecule has 0 radical (unpaired) electrons. The molecule has 1 aliphatic rings. The van der Waals surface area contributed by atoms with Crippen molar-refractivity contribution in [2.24, 2.45) is 0 Å². The van der Waals surface area contributed by atoms with Crippen molar-refractivity contribution in [3.05, 3.63) is 42.5 Å². The summed E-state index contributed by atoms with van der Waals surface area (Å²) in [5, 5.41) is 8.03. The van der Waals surface area contributed by atoms with Crippen LogP contribution >= 0.6 is 0 Å². The van der Waals surface area contributed by atoms with Gasteiger partial charge in [0.2, 0.25) is 5.95 Å². The van der Waals surface area contributed by atoms with Crippen molar-refractivity contribution in [2.45, 2.75) is 18.8 Å². The van der Waals surface area contributed by atoms with Gasteiger partial charge >= 0.3 is 0 Å². The summed E-state index contributed by atoms with van der Waals surface area (Å²) >= 11 is 0. The summed E-state index contributed by atoms with van der Waals surface area (Å²) in [6.07, 6.45) is 7.67. The van der Waals surface area contributed by atoms with Gasteiger partial charge in [0.1, 0.15) is 0 Å². The lowest BCUT2D eigenvalue weighted by atomic mass is 9.94. The molecule has 1 atom stereocenters. The summed E-state index contributed by atoms with van der Waals surface area (Å²) in [5.41, 5.74) is 1.98. The fourth-order valence-corrected chi connectivity index (χ4v) is 2.92. The van der Waals surface area contributed by atoms with Gasteiger partial charge in [0, 0.05) is 42.5 Å². The van der Waals surface area contributed by atoms with Crippen molar-refractivity contribution in [2.75, 3.05) is 18.0 Å². The average molecular weight is 280 g/mol. The highest BCUT2D eigenvalue weighted by atomic mass is 15.3. The molecular formula is C15H16N6. The normalized spacial score (nSPS) is 19.0. The summed E-state index contributed by atoms with van der Waals surface area (Å²) in [5.74, 6) is 1.22. The zero-order valence-electron chi connectivity index (χ0n) is 11.6. The molecule has 1 N–H and O–H groups in total. The largest absolute Gasteiger partial charge is 0.340 e. The second kappa shape index (κ2) is 5.12. The van der Waals surface area contributed by atoms with Crippen molar-refractivity contribution in [1.29, 1.82) is 0 Å². The van der Waals surface area contributed by atoms with Crippen molar-refractivity contribution in [1.82, 2.24) is 25.1 Å². The molecule has 4 rings (SSSR count). The van der Waals surface area contributed by atoms with Crippen LogP contribution < -0.4 is 4.90 Å². The molecule has 0 spiro atoms. The van der Waals surface area contributed by atoms with E-state index in [2.05, 4.69) is 37.2 Å². The Labute approximate surface area is 122 Å². The van der Waals surface area contributed by atoms with Gasteiger partial charge in [-0.1, -0.05) is 0 Å². The monoisotopic (exact) mass is 280 g/mol.